The summed E-state index contributed by atoms with van der Waals surface area (Å²) in [6.07, 6.45) is 0.626. The van der Waals surface area contributed by atoms with Crippen LogP contribution in [0.25, 0.3) is 10.9 Å². The molecule has 0 aliphatic heterocycles. The van der Waals surface area contributed by atoms with Gasteiger partial charge in [-0.05, 0) is 26.0 Å². The molecule has 21 heavy (non-hydrogen) atoms. The summed E-state index contributed by atoms with van der Waals surface area (Å²) in [4.78, 5) is 15.7. The second kappa shape index (κ2) is 6.88. The summed E-state index contributed by atoms with van der Waals surface area (Å²) in [7, 11) is 0. The number of para-hydroxylation sites is 1. The number of carbonyl (C=O) groups excluding carboxylic acids is 1. The van der Waals surface area contributed by atoms with Crippen LogP contribution in [0.2, 0.25) is 0 Å². The Kier molecular flexibility index (Phi) is 4.93. The normalized spacial score (nSPS) is 10.4. The number of rotatable bonds is 6. The average Bonchev–Trinajstić information content (AvgIpc) is 2.46. The number of pyridine rings is 1. The number of carbonyl (C=O) groups is 1. The number of hydrogen-bond acceptors (Lipinski definition) is 4. The molecular formula is C17H19NO3. The molecule has 0 spiro atoms. The van der Waals surface area contributed by atoms with Gasteiger partial charge in [0.15, 0.2) is 0 Å². The number of benzene rings is 1. The van der Waals surface area contributed by atoms with Gasteiger partial charge in [-0.15, -0.1) is 0 Å². The molecule has 4 nitrogen and oxygen atoms in total. The first kappa shape index (κ1) is 15.0. The van der Waals surface area contributed by atoms with Crippen LogP contribution in [0.5, 0.6) is 5.75 Å². The van der Waals surface area contributed by atoms with Crippen LogP contribution in [-0.4, -0.2) is 24.2 Å². The molecule has 1 aromatic carbocycles. The molecule has 0 amide bonds. The number of nitrogens with zero attached hydrogens (tertiary/aromatic N) is 1. The zero-order chi connectivity index (χ0) is 15.2. The van der Waals surface area contributed by atoms with E-state index >= 15 is 0 Å². The van der Waals surface area contributed by atoms with Crippen molar-refractivity contribution in [1.29, 1.82) is 0 Å². The molecule has 4 heteroatoms. The fourth-order valence-electron chi connectivity index (χ4n) is 1.86. The van der Waals surface area contributed by atoms with Crippen LogP contribution >= 0.6 is 0 Å². The van der Waals surface area contributed by atoms with Crippen molar-refractivity contribution in [2.24, 2.45) is 0 Å². The Hall–Kier alpha value is -2.36. The summed E-state index contributed by atoms with van der Waals surface area (Å²) in [5.41, 5.74) is 2.22. The monoisotopic (exact) mass is 285 g/mol. The molecule has 0 saturated heterocycles. The third-order valence-electron chi connectivity index (χ3n) is 2.95. The number of ether oxygens (including phenoxy) is 2. The largest absolute Gasteiger partial charge is 0.491 e. The second-order valence-corrected chi connectivity index (χ2v) is 4.90. The highest BCUT2D eigenvalue weighted by molar-refractivity contribution is 5.87. The predicted octanol–water partition coefficient (Wildman–Crippen LogP) is 3.43. The molecule has 0 aliphatic carbocycles. The number of aryl methyl sites for hydroxylation is 1. The van der Waals surface area contributed by atoms with Crippen molar-refractivity contribution in [3.05, 3.63) is 48.2 Å². The van der Waals surface area contributed by atoms with Crippen molar-refractivity contribution >= 4 is 16.9 Å². The van der Waals surface area contributed by atoms with Crippen LogP contribution in [0.1, 0.15) is 19.0 Å². The van der Waals surface area contributed by atoms with E-state index in [9.17, 15) is 4.79 Å². The Bertz CT molecular complexity index is 664. The van der Waals surface area contributed by atoms with Gasteiger partial charge < -0.3 is 9.47 Å². The molecule has 0 N–H and O–H groups in total. The van der Waals surface area contributed by atoms with Gasteiger partial charge in [0.05, 0.1) is 13.2 Å². The highest BCUT2D eigenvalue weighted by Crippen LogP contribution is 2.23. The van der Waals surface area contributed by atoms with E-state index in [0.717, 1.165) is 22.3 Å². The van der Waals surface area contributed by atoms with E-state index in [4.69, 9.17) is 9.47 Å². The van der Waals surface area contributed by atoms with E-state index in [1.165, 1.54) is 0 Å². The lowest BCUT2D eigenvalue weighted by Crippen LogP contribution is -2.09. The smallest absolute Gasteiger partial charge is 0.333 e. The predicted molar refractivity (Wildman–Crippen MR) is 82.4 cm³/mol. The molecule has 0 bridgehead atoms. The number of esters is 1. The van der Waals surface area contributed by atoms with Gasteiger partial charge in [0.25, 0.3) is 0 Å². The number of hydrogen-bond donors (Lipinski definition) is 0. The highest BCUT2D eigenvalue weighted by atomic mass is 16.5. The summed E-state index contributed by atoms with van der Waals surface area (Å²) in [6.45, 7) is 7.90. The zero-order valence-electron chi connectivity index (χ0n) is 12.4. The summed E-state index contributed by atoms with van der Waals surface area (Å²) < 4.78 is 10.8. The maximum atomic E-state index is 11.2. The van der Waals surface area contributed by atoms with Crippen molar-refractivity contribution in [1.82, 2.24) is 4.98 Å². The summed E-state index contributed by atoms with van der Waals surface area (Å²) in [6, 6.07) is 9.84. The van der Waals surface area contributed by atoms with Gasteiger partial charge in [-0.25, -0.2) is 9.78 Å². The molecule has 0 atom stereocenters. The van der Waals surface area contributed by atoms with Gasteiger partial charge in [0.1, 0.15) is 11.3 Å². The topological polar surface area (TPSA) is 48.4 Å². The van der Waals surface area contributed by atoms with Gasteiger partial charge >= 0.3 is 5.97 Å². The van der Waals surface area contributed by atoms with Crippen LogP contribution < -0.4 is 4.74 Å². The fourth-order valence-corrected chi connectivity index (χ4v) is 1.86. The summed E-state index contributed by atoms with van der Waals surface area (Å²) >= 11 is 0. The SMILES string of the molecule is C=C(C)C(=O)OCCCOc1cccc2ccc(C)nc12. The van der Waals surface area contributed by atoms with E-state index in [2.05, 4.69) is 11.6 Å². The van der Waals surface area contributed by atoms with Crippen LogP contribution in [0.15, 0.2) is 42.5 Å². The molecule has 1 heterocycles. The standard InChI is InChI=1S/C17H19NO3/c1-12(2)17(19)21-11-5-10-20-15-7-4-6-14-9-8-13(3)18-16(14)15/h4,6-9H,1,5,10-11H2,2-3H3. The van der Waals surface area contributed by atoms with E-state index < -0.39 is 0 Å². The minimum Gasteiger partial charge on any atom is -0.491 e. The Morgan fingerprint density at radius 2 is 2.05 bits per heavy atom. The molecule has 2 aromatic rings. The van der Waals surface area contributed by atoms with E-state index in [0.29, 0.717) is 25.2 Å². The highest BCUT2D eigenvalue weighted by Gasteiger charge is 2.05. The third-order valence-corrected chi connectivity index (χ3v) is 2.95. The molecule has 0 saturated carbocycles. The van der Waals surface area contributed by atoms with Crippen molar-refractivity contribution < 1.29 is 14.3 Å². The molecule has 1 aromatic heterocycles. The molecule has 2 rings (SSSR count). The summed E-state index contributed by atoms with van der Waals surface area (Å²) in [5.74, 6) is 0.389. The Balaban J connectivity index is 1.90. The van der Waals surface area contributed by atoms with Crippen molar-refractivity contribution in [2.75, 3.05) is 13.2 Å². The maximum Gasteiger partial charge on any atom is 0.333 e. The van der Waals surface area contributed by atoms with Gasteiger partial charge in [-0.1, -0.05) is 24.8 Å². The molecule has 0 unspecified atom stereocenters. The van der Waals surface area contributed by atoms with Gasteiger partial charge in [0.2, 0.25) is 0 Å². The zero-order valence-corrected chi connectivity index (χ0v) is 12.4. The van der Waals surface area contributed by atoms with Crippen molar-refractivity contribution in [3.63, 3.8) is 0 Å². The third kappa shape index (κ3) is 4.05. The number of aromatic nitrogens is 1. The first-order chi connectivity index (χ1) is 10.1. The van der Waals surface area contributed by atoms with E-state index in [-0.39, 0.29) is 5.97 Å². The average molecular weight is 285 g/mol. The molecule has 0 aliphatic rings. The van der Waals surface area contributed by atoms with Crippen LogP contribution in [0.3, 0.4) is 0 Å². The minimum atomic E-state index is -0.363. The molecular weight excluding hydrogens is 266 g/mol. The van der Waals surface area contributed by atoms with E-state index in [1.54, 1.807) is 6.92 Å². The van der Waals surface area contributed by atoms with Gasteiger partial charge in [-0.2, -0.15) is 0 Å². The van der Waals surface area contributed by atoms with Crippen LogP contribution in [-0.2, 0) is 9.53 Å². The second-order valence-electron chi connectivity index (χ2n) is 4.90. The Morgan fingerprint density at radius 1 is 1.24 bits per heavy atom. The quantitative estimate of drug-likeness (QED) is 0.463. The summed E-state index contributed by atoms with van der Waals surface area (Å²) in [5, 5.41) is 1.05. The van der Waals surface area contributed by atoms with Crippen LogP contribution in [0, 0.1) is 6.92 Å². The van der Waals surface area contributed by atoms with Gasteiger partial charge in [-0.3, -0.25) is 0 Å². The molecule has 0 radical (unpaired) electrons. The van der Waals surface area contributed by atoms with E-state index in [1.807, 2.05) is 37.3 Å². The molecule has 0 fully saturated rings. The van der Waals surface area contributed by atoms with Crippen molar-refractivity contribution in [3.8, 4) is 5.75 Å². The first-order valence-electron chi connectivity index (χ1n) is 6.90. The lowest BCUT2D eigenvalue weighted by atomic mass is 10.2. The number of fused-ring (bicyclic) bond motifs is 1. The fraction of sp³-hybridized carbons (Fsp3) is 0.294. The van der Waals surface area contributed by atoms with Gasteiger partial charge in [0, 0.05) is 23.1 Å². The minimum absolute atomic E-state index is 0.322. The first-order valence-corrected chi connectivity index (χ1v) is 6.90. The lowest BCUT2D eigenvalue weighted by Gasteiger charge is -2.09. The van der Waals surface area contributed by atoms with Crippen LogP contribution in [0.4, 0.5) is 0 Å². The Labute approximate surface area is 124 Å². The Morgan fingerprint density at radius 3 is 2.81 bits per heavy atom. The maximum absolute atomic E-state index is 11.2. The van der Waals surface area contributed by atoms with Crippen molar-refractivity contribution in [2.45, 2.75) is 20.3 Å². The molecule has 110 valence electrons. The lowest BCUT2D eigenvalue weighted by molar-refractivity contribution is -0.139.